The Morgan fingerprint density at radius 1 is 1.03 bits per heavy atom. The largest absolute Gasteiger partial charge is 0.481 e. The highest BCUT2D eigenvalue weighted by Crippen LogP contribution is 1.99. The topological polar surface area (TPSA) is 286 Å². The summed E-state index contributed by atoms with van der Waals surface area (Å²) in [5.41, 5.74) is 6.30. The van der Waals surface area contributed by atoms with Gasteiger partial charge in [-0.15, -0.1) is 0 Å². The molecule has 4 amide bonds. The van der Waals surface area contributed by atoms with Crippen LogP contribution in [0.1, 0.15) is 19.0 Å². The number of carbonyl (C=O) groups excluding carboxylic acids is 4. The summed E-state index contributed by atoms with van der Waals surface area (Å²) in [6.45, 7) is -0.589. The van der Waals surface area contributed by atoms with Crippen molar-refractivity contribution in [3.8, 4) is 0 Å². The molecule has 0 aliphatic carbocycles. The minimum absolute atomic E-state index is 0.0372. The molecule has 0 saturated heterocycles. The number of hydrogen-bond donors (Lipinski definition) is 10. The highest BCUT2D eigenvalue weighted by atomic mass is 16.4. The van der Waals surface area contributed by atoms with Crippen LogP contribution in [0.3, 0.4) is 0 Å². The van der Waals surface area contributed by atoms with E-state index in [4.69, 9.17) is 15.9 Å². The van der Waals surface area contributed by atoms with Crippen LogP contribution in [-0.4, -0.2) is 109 Å². The fourth-order valence-electron chi connectivity index (χ4n) is 2.76. The van der Waals surface area contributed by atoms with Crippen molar-refractivity contribution >= 4 is 35.6 Å². The molecule has 0 aliphatic rings. The van der Waals surface area contributed by atoms with Crippen LogP contribution >= 0.6 is 0 Å². The normalized spacial score (nSPS) is 14.9. The second kappa shape index (κ2) is 14.3. The van der Waals surface area contributed by atoms with Crippen molar-refractivity contribution in [2.24, 2.45) is 5.73 Å². The quantitative estimate of drug-likeness (QED) is 0.105. The van der Waals surface area contributed by atoms with Crippen LogP contribution in [-0.2, 0) is 35.2 Å². The first kappa shape index (κ1) is 29.9. The maximum absolute atomic E-state index is 12.5. The van der Waals surface area contributed by atoms with Gasteiger partial charge >= 0.3 is 11.9 Å². The molecule has 5 atom stereocenters. The standard InChI is InChI=1S/C19H29N7O10/c1-8(28)15(19(35)36)26-13(29)5-22-17(33)11(3-14(30)31)24-18(34)12(6-27)25-16(32)10(20)2-9-4-21-7-23-9/h4,7-8,10-12,15,27-28H,2-3,5-6,20H2,1H3,(H,21,23)(H,22,33)(H,24,34)(H,25,32)(H,26,29)(H,30,31)(H,35,36)/t8-,10+,11+,12+,15+/m1/s1. The van der Waals surface area contributed by atoms with Crippen LogP contribution < -0.4 is 27.0 Å². The Bertz CT molecular complexity index is 937. The molecular formula is C19H29N7O10. The van der Waals surface area contributed by atoms with Gasteiger partial charge in [0.1, 0.15) is 12.1 Å². The molecule has 11 N–H and O–H groups in total. The van der Waals surface area contributed by atoms with Crippen LogP contribution in [0.2, 0.25) is 0 Å². The monoisotopic (exact) mass is 515 g/mol. The fourth-order valence-corrected chi connectivity index (χ4v) is 2.76. The molecule has 0 saturated carbocycles. The van der Waals surface area contributed by atoms with Crippen molar-refractivity contribution < 1.29 is 49.2 Å². The molecular weight excluding hydrogens is 486 g/mol. The number of nitrogens with two attached hydrogens (primary N) is 1. The Morgan fingerprint density at radius 2 is 1.67 bits per heavy atom. The summed E-state index contributed by atoms with van der Waals surface area (Å²) in [6.07, 6.45) is 0.481. The van der Waals surface area contributed by atoms with Gasteiger partial charge in [0.05, 0.1) is 38.0 Å². The maximum Gasteiger partial charge on any atom is 0.328 e. The number of nitrogens with one attached hydrogen (secondary N) is 5. The number of rotatable bonds is 15. The summed E-state index contributed by atoms with van der Waals surface area (Å²) < 4.78 is 0. The number of carboxylic acids is 2. The van der Waals surface area contributed by atoms with Gasteiger partial charge in [0.2, 0.25) is 23.6 Å². The van der Waals surface area contributed by atoms with E-state index in [9.17, 15) is 39.0 Å². The number of amides is 4. The zero-order valence-corrected chi connectivity index (χ0v) is 19.1. The molecule has 1 heterocycles. The molecule has 200 valence electrons. The molecule has 17 heteroatoms. The van der Waals surface area contributed by atoms with Gasteiger partial charge in [0.25, 0.3) is 0 Å². The molecule has 1 aromatic heterocycles. The SMILES string of the molecule is C[C@@H](O)[C@H](NC(=O)CNC(=O)[C@H](CC(=O)O)NC(=O)[C@H](CO)NC(=O)[C@@H](N)Cc1cnc[nH]1)C(=O)O. The van der Waals surface area contributed by atoms with E-state index in [1.54, 1.807) is 0 Å². The van der Waals surface area contributed by atoms with Gasteiger partial charge in [-0.05, 0) is 6.92 Å². The molecule has 0 fully saturated rings. The average molecular weight is 515 g/mol. The molecule has 0 radical (unpaired) electrons. The summed E-state index contributed by atoms with van der Waals surface area (Å²) in [6, 6.07) is -6.09. The number of carbonyl (C=O) groups is 6. The zero-order valence-electron chi connectivity index (χ0n) is 19.1. The van der Waals surface area contributed by atoms with E-state index in [1.807, 2.05) is 10.6 Å². The van der Waals surface area contributed by atoms with Crippen LogP contribution in [0.25, 0.3) is 0 Å². The van der Waals surface area contributed by atoms with Gasteiger partial charge in [-0.25, -0.2) is 9.78 Å². The molecule has 1 rings (SSSR count). The van der Waals surface area contributed by atoms with E-state index >= 15 is 0 Å². The van der Waals surface area contributed by atoms with Gasteiger partial charge in [0, 0.05) is 18.3 Å². The number of aliphatic hydroxyl groups is 2. The third-order valence-corrected chi connectivity index (χ3v) is 4.65. The van der Waals surface area contributed by atoms with Crippen molar-refractivity contribution in [3.63, 3.8) is 0 Å². The van der Waals surface area contributed by atoms with E-state index < -0.39 is 85.4 Å². The number of carboxylic acid groups (broad SMARTS) is 2. The molecule has 0 aromatic carbocycles. The average Bonchev–Trinajstić information content (AvgIpc) is 3.30. The first-order valence-electron chi connectivity index (χ1n) is 10.5. The smallest absolute Gasteiger partial charge is 0.328 e. The van der Waals surface area contributed by atoms with Gasteiger partial charge in [-0.3, -0.25) is 24.0 Å². The van der Waals surface area contributed by atoms with Gasteiger partial charge in [-0.2, -0.15) is 0 Å². The Hall–Kier alpha value is -4.09. The van der Waals surface area contributed by atoms with Gasteiger partial charge in [0.15, 0.2) is 6.04 Å². The summed E-state index contributed by atoms with van der Waals surface area (Å²) in [7, 11) is 0. The Kier molecular flexibility index (Phi) is 11.9. The van der Waals surface area contributed by atoms with Gasteiger partial charge < -0.3 is 52.4 Å². The summed E-state index contributed by atoms with van der Waals surface area (Å²) in [5.74, 6) is -7.08. The second-order valence-corrected chi connectivity index (χ2v) is 7.63. The number of nitrogens with zero attached hydrogens (tertiary/aromatic N) is 1. The summed E-state index contributed by atoms with van der Waals surface area (Å²) in [5, 5.41) is 45.1. The Morgan fingerprint density at radius 3 is 2.17 bits per heavy atom. The van der Waals surface area contributed by atoms with Gasteiger partial charge in [-0.1, -0.05) is 0 Å². The molecule has 0 spiro atoms. The molecule has 1 aromatic rings. The number of H-pyrrole nitrogens is 1. The number of imidazole rings is 1. The minimum atomic E-state index is -1.72. The number of aromatic amines is 1. The van der Waals surface area contributed by atoms with E-state index in [-0.39, 0.29) is 6.42 Å². The van der Waals surface area contributed by atoms with E-state index in [0.717, 1.165) is 6.92 Å². The van der Waals surface area contributed by atoms with Crippen molar-refractivity contribution in [2.45, 2.75) is 50.0 Å². The van der Waals surface area contributed by atoms with Crippen molar-refractivity contribution in [1.29, 1.82) is 0 Å². The molecule has 17 nitrogen and oxygen atoms in total. The van der Waals surface area contributed by atoms with E-state index in [2.05, 4.69) is 20.6 Å². The molecule has 0 unspecified atom stereocenters. The predicted octanol–water partition coefficient (Wildman–Crippen LogP) is -5.22. The third-order valence-electron chi connectivity index (χ3n) is 4.65. The van der Waals surface area contributed by atoms with E-state index in [1.165, 1.54) is 12.5 Å². The first-order valence-corrected chi connectivity index (χ1v) is 10.5. The predicted molar refractivity (Wildman–Crippen MR) is 118 cm³/mol. The number of hydrogen-bond acceptors (Lipinski definition) is 10. The molecule has 0 aliphatic heterocycles. The highest BCUT2D eigenvalue weighted by Gasteiger charge is 2.30. The number of aliphatic carboxylic acids is 2. The maximum atomic E-state index is 12.5. The fraction of sp³-hybridized carbons (Fsp3) is 0.526. The Labute approximate surface area is 203 Å². The molecule has 36 heavy (non-hydrogen) atoms. The number of aliphatic hydroxyl groups excluding tert-OH is 2. The highest BCUT2D eigenvalue weighted by molar-refractivity contribution is 5.96. The van der Waals surface area contributed by atoms with Crippen LogP contribution in [0.5, 0.6) is 0 Å². The Balaban J connectivity index is 2.74. The van der Waals surface area contributed by atoms with Crippen LogP contribution in [0.15, 0.2) is 12.5 Å². The van der Waals surface area contributed by atoms with E-state index in [0.29, 0.717) is 5.69 Å². The summed E-state index contributed by atoms with van der Waals surface area (Å²) in [4.78, 5) is 77.7. The first-order chi connectivity index (χ1) is 16.8. The van der Waals surface area contributed by atoms with Crippen molar-refractivity contribution in [3.05, 3.63) is 18.2 Å². The molecule has 0 bridgehead atoms. The van der Waals surface area contributed by atoms with Crippen LogP contribution in [0.4, 0.5) is 0 Å². The lowest BCUT2D eigenvalue weighted by Crippen LogP contribution is -2.58. The van der Waals surface area contributed by atoms with Crippen LogP contribution in [0, 0.1) is 0 Å². The van der Waals surface area contributed by atoms with Crippen molar-refractivity contribution in [1.82, 2.24) is 31.2 Å². The zero-order chi connectivity index (χ0) is 27.4. The third kappa shape index (κ3) is 10.0. The lowest BCUT2D eigenvalue weighted by molar-refractivity contribution is -0.145. The second-order valence-electron chi connectivity index (χ2n) is 7.63. The lowest BCUT2D eigenvalue weighted by Gasteiger charge is -2.22. The van der Waals surface area contributed by atoms with Crippen molar-refractivity contribution in [2.75, 3.05) is 13.2 Å². The summed E-state index contributed by atoms with van der Waals surface area (Å²) >= 11 is 0. The lowest BCUT2D eigenvalue weighted by atomic mass is 10.1. The number of aromatic nitrogens is 2. The minimum Gasteiger partial charge on any atom is -0.481 e.